The second kappa shape index (κ2) is 9.34. The van der Waals surface area contributed by atoms with Gasteiger partial charge in [-0.05, 0) is 42.0 Å². The molecule has 0 bridgehead atoms. The summed E-state index contributed by atoms with van der Waals surface area (Å²) in [6, 6.07) is 15.2. The Morgan fingerprint density at radius 1 is 1.18 bits per heavy atom. The third-order valence-electron chi connectivity index (χ3n) is 5.87. The highest BCUT2D eigenvalue weighted by Gasteiger charge is 2.37. The van der Waals surface area contributed by atoms with Crippen LogP contribution in [0.1, 0.15) is 10.4 Å². The molecular formula is C24H22ClFN2O5S. The molecule has 0 saturated heterocycles. The first-order valence-corrected chi connectivity index (χ1v) is 12.1. The van der Waals surface area contributed by atoms with Gasteiger partial charge in [0.15, 0.2) is 0 Å². The fourth-order valence-electron chi connectivity index (χ4n) is 3.94. The Labute approximate surface area is 202 Å². The minimum Gasteiger partial charge on any atom is -0.465 e. The molecule has 4 rings (SSSR count). The van der Waals surface area contributed by atoms with Gasteiger partial charge in [-0.2, -0.15) is 4.31 Å². The second-order valence-corrected chi connectivity index (χ2v) is 10.2. The molecule has 0 aromatic heterocycles. The van der Waals surface area contributed by atoms with Crippen LogP contribution in [0.2, 0.25) is 5.02 Å². The van der Waals surface area contributed by atoms with Crippen molar-refractivity contribution < 1.29 is 27.4 Å². The van der Waals surface area contributed by atoms with Gasteiger partial charge in [0.05, 0.1) is 36.0 Å². The summed E-state index contributed by atoms with van der Waals surface area (Å²) >= 11 is 6.61. The Kier molecular flexibility index (Phi) is 6.64. The molecule has 1 N–H and O–H groups in total. The van der Waals surface area contributed by atoms with Crippen molar-refractivity contribution in [2.75, 3.05) is 32.2 Å². The van der Waals surface area contributed by atoms with Crippen LogP contribution in [0.4, 0.5) is 15.8 Å². The summed E-state index contributed by atoms with van der Waals surface area (Å²) in [6.07, 6.45) is 0. The number of para-hydroxylation sites is 1. The molecule has 0 unspecified atom stereocenters. The summed E-state index contributed by atoms with van der Waals surface area (Å²) in [7, 11) is -1.49. The first-order valence-electron chi connectivity index (χ1n) is 10.3. The summed E-state index contributed by atoms with van der Waals surface area (Å²) < 4.78 is 47.1. The lowest BCUT2D eigenvalue weighted by atomic mass is 10.0. The predicted molar refractivity (Wildman–Crippen MR) is 127 cm³/mol. The Morgan fingerprint density at radius 3 is 2.53 bits per heavy atom. The number of aliphatic hydroxyl groups is 1. The van der Waals surface area contributed by atoms with Crippen molar-refractivity contribution in [3.05, 3.63) is 77.1 Å². The number of anilines is 2. The number of rotatable bonds is 4. The van der Waals surface area contributed by atoms with E-state index in [1.807, 2.05) is 30.3 Å². The minimum atomic E-state index is -4.04. The SMILES string of the molecule is COC(=O)c1cc(-c2cc3c(cc2Cl)N(c2ccccc2)C[C@@H](CO)N(C)S3(=O)=O)ccc1F. The summed E-state index contributed by atoms with van der Waals surface area (Å²) in [5.41, 5.74) is 1.43. The van der Waals surface area contributed by atoms with Crippen LogP contribution in [-0.4, -0.2) is 57.1 Å². The second-order valence-electron chi connectivity index (χ2n) is 7.79. The van der Waals surface area contributed by atoms with Gasteiger partial charge in [0, 0.05) is 24.8 Å². The van der Waals surface area contributed by atoms with Crippen molar-refractivity contribution in [3.8, 4) is 11.1 Å². The van der Waals surface area contributed by atoms with Crippen molar-refractivity contribution >= 4 is 39.0 Å². The molecule has 0 spiro atoms. The largest absolute Gasteiger partial charge is 0.465 e. The van der Waals surface area contributed by atoms with E-state index in [0.29, 0.717) is 16.8 Å². The van der Waals surface area contributed by atoms with Crippen molar-refractivity contribution in [1.29, 1.82) is 0 Å². The number of benzene rings is 3. The van der Waals surface area contributed by atoms with Crippen LogP contribution in [-0.2, 0) is 14.8 Å². The number of nitrogens with zero attached hydrogens (tertiary/aromatic N) is 2. The lowest BCUT2D eigenvalue weighted by molar-refractivity contribution is 0.0595. The Hall–Kier alpha value is -2.98. The van der Waals surface area contributed by atoms with E-state index < -0.39 is 27.9 Å². The molecule has 1 aliphatic rings. The van der Waals surface area contributed by atoms with E-state index >= 15 is 0 Å². The number of carbonyl (C=O) groups is 1. The van der Waals surface area contributed by atoms with Crippen LogP contribution < -0.4 is 4.90 Å². The Morgan fingerprint density at radius 2 is 1.88 bits per heavy atom. The maximum Gasteiger partial charge on any atom is 0.340 e. The van der Waals surface area contributed by atoms with E-state index in [2.05, 4.69) is 4.74 Å². The summed E-state index contributed by atoms with van der Waals surface area (Å²) in [5.74, 6) is -1.63. The van der Waals surface area contributed by atoms with E-state index in [1.165, 1.54) is 31.3 Å². The molecule has 0 amide bonds. The highest BCUT2D eigenvalue weighted by molar-refractivity contribution is 7.89. The molecule has 3 aromatic carbocycles. The average Bonchev–Trinajstić information content (AvgIpc) is 2.91. The molecule has 0 fully saturated rings. The monoisotopic (exact) mass is 504 g/mol. The number of hydrogen-bond acceptors (Lipinski definition) is 6. The third kappa shape index (κ3) is 4.16. The first-order chi connectivity index (χ1) is 16.2. The number of sulfonamides is 1. The number of esters is 1. The van der Waals surface area contributed by atoms with E-state index in [1.54, 1.807) is 4.90 Å². The molecule has 1 heterocycles. The van der Waals surface area contributed by atoms with Gasteiger partial charge in [0.2, 0.25) is 10.0 Å². The van der Waals surface area contributed by atoms with Crippen LogP contribution in [0.5, 0.6) is 0 Å². The van der Waals surface area contributed by atoms with Gasteiger partial charge in [-0.3, -0.25) is 0 Å². The van der Waals surface area contributed by atoms with Crippen molar-refractivity contribution in [2.24, 2.45) is 0 Å². The van der Waals surface area contributed by atoms with Gasteiger partial charge >= 0.3 is 5.97 Å². The Balaban J connectivity index is 1.97. The highest BCUT2D eigenvalue weighted by Crippen LogP contribution is 2.42. The van der Waals surface area contributed by atoms with Crippen molar-refractivity contribution in [3.63, 3.8) is 0 Å². The molecule has 10 heteroatoms. The maximum atomic E-state index is 14.2. The molecule has 0 radical (unpaired) electrons. The number of fused-ring (bicyclic) bond motifs is 1. The normalized spacial score (nSPS) is 17.7. The molecule has 1 aliphatic heterocycles. The predicted octanol–water partition coefficient (Wildman–Crippen LogP) is 4.07. The lowest BCUT2D eigenvalue weighted by Crippen LogP contribution is -2.43. The zero-order valence-electron chi connectivity index (χ0n) is 18.4. The van der Waals surface area contributed by atoms with Gasteiger partial charge in [-0.1, -0.05) is 35.9 Å². The van der Waals surface area contributed by atoms with Crippen LogP contribution in [0.25, 0.3) is 11.1 Å². The molecule has 7 nitrogen and oxygen atoms in total. The van der Waals surface area contributed by atoms with Crippen LogP contribution in [0, 0.1) is 5.82 Å². The van der Waals surface area contributed by atoms with Crippen LogP contribution >= 0.6 is 11.6 Å². The quantitative estimate of drug-likeness (QED) is 0.539. The first kappa shape index (κ1) is 24.2. The van der Waals surface area contributed by atoms with E-state index in [0.717, 1.165) is 23.2 Å². The number of ether oxygens (including phenoxy) is 1. The third-order valence-corrected chi connectivity index (χ3v) is 8.12. The zero-order valence-corrected chi connectivity index (χ0v) is 20.0. The van der Waals surface area contributed by atoms with Gasteiger partial charge in [-0.15, -0.1) is 0 Å². The van der Waals surface area contributed by atoms with Crippen molar-refractivity contribution in [2.45, 2.75) is 10.9 Å². The fourth-order valence-corrected chi connectivity index (χ4v) is 5.74. The standard InChI is InChI=1S/C24H22ClFN2O5S/c1-27-17(14-29)13-28(16-6-4-3-5-7-16)22-12-20(25)18(11-23(22)34(27,31)32)15-8-9-21(26)19(10-15)24(30)33-2/h3-12,17,29H,13-14H2,1-2H3/t17-/m0/s1. The molecule has 34 heavy (non-hydrogen) atoms. The zero-order chi connectivity index (χ0) is 24.6. The number of methoxy groups -OCH3 is 1. The topological polar surface area (TPSA) is 87.2 Å². The van der Waals surface area contributed by atoms with Crippen molar-refractivity contribution in [1.82, 2.24) is 4.31 Å². The smallest absolute Gasteiger partial charge is 0.340 e. The molecule has 178 valence electrons. The molecule has 3 aromatic rings. The van der Waals surface area contributed by atoms with E-state index in [4.69, 9.17) is 11.6 Å². The highest BCUT2D eigenvalue weighted by atomic mass is 35.5. The number of carbonyl (C=O) groups excluding carboxylic acids is 1. The minimum absolute atomic E-state index is 0.0295. The lowest BCUT2D eigenvalue weighted by Gasteiger charge is -2.28. The number of likely N-dealkylation sites (N-methyl/N-ethyl adjacent to an activating group) is 1. The van der Waals surface area contributed by atoms with Crippen LogP contribution in [0.15, 0.2) is 65.6 Å². The van der Waals surface area contributed by atoms with E-state index in [9.17, 15) is 22.7 Å². The fraction of sp³-hybridized carbons (Fsp3) is 0.208. The van der Waals surface area contributed by atoms with Crippen LogP contribution in [0.3, 0.4) is 0 Å². The van der Waals surface area contributed by atoms with Gasteiger partial charge in [0.25, 0.3) is 0 Å². The number of hydrogen-bond donors (Lipinski definition) is 1. The molecule has 0 saturated carbocycles. The Bertz CT molecular complexity index is 1350. The van der Waals surface area contributed by atoms with Gasteiger partial charge < -0.3 is 14.7 Å². The molecule has 0 aliphatic carbocycles. The molecule has 1 atom stereocenters. The average molecular weight is 505 g/mol. The molecular weight excluding hydrogens is 483 g/mol. The number of aliphatic hydroxyl groups excluding tert-OH is 1. The van der Waals surface area contributed by atoms with Gasteiger partial charge in [-0.25, -0.2) is 17.6 Å². The number of halogens is 2. The van der Waals surface area contributed by atoms with E-state index in [-0.39, 0.29) is 28.6 Å². The van der Waals surface area contributed by atoms with Gasteiger partial charge in [0.1, 0.15) is 10.7 Å². The summed E-state index contributed by atoms with van der Waals surface area (Å²) in [4.78, 5) is 13.7. The maximum absolute atomic E-state index is 14.2. The summed E-state index contributed by atoms with van der Waals surface area (Å²) in [6.45, 7) is -0.184. The summed E-state index contributed by atoms with van der Waals surface area (Å²) in [5, 5.41) is 10.2.